The molecule has 0 N–H and O–H groups in total. The Hall–Kier alpha value is -3.93. The quantitative estimate of drug-likeness (QED) is 0.525. The molecule has 1 atom stereocenters. The molecule has 0 bridgehead atoms. The van der Waals surface area contributed by atoms with Gasteiger partial charge in [0.15, 0.2) is 5.78 Å². The number of carbonyl (C=O) groups is 2. The van der Waals surface area contributed by atoms with Gasteiger partial charge in [-0.3, -0.25) is 9.59 Å². The lowest BCUT2D eigenvalue weighted by atomic mass is 10.1. The number of aryl methyl sites for hydroxylation is 1. The summed E-state index contributed by atoms with van der Waals surface area (Å²) in [6.45, 7) is 6.78. The van der Waals surface area contributed by atoms with Crippen LogP contribution in [0.3, 0.4) is 0 Å². The summed E-state index contributed by atoms with van der Waals surface area (Å²) in [5.41, 5.74) is 4.90. The van der Waals surface area contributed by atoms with Crippen molar-refractivity contribution >= 4 is 29.0 Å². The summed E-state index contributed by atoms with van der Waals surface area (Å²) in [5.74, 6) is 0.851. The van der Waals surface area contributed by atoms with Crippen molar-refractivity contribution in [3.63, 3.8) is 0 Å². The average Bonchev–Trinajstić information content (AvgIpc) is 3.20. The first-order valence-electron chi connectivity index (χ1n) is 12.1. The number of aliphatic imine (C=N–C) groups is 1. The van der Waals surface area contributed by atoms with E-state index in [1.807, 2.05) is 78.6 Å². The first kappa shape index (κ1) is 22.8. The number of para-hydroxylation sites is 1. The monoisotopic (exact) mass is 466 g/mol. The topological polar surface area (TPSA) is 56.2 Å². The molecule has 5 rings (SSSR count). The molecule has 0 aliphatic carbocycles. The molecule has 2 aliphatic heterocycles. The third kappa shape index (κ3) is 4.69. The van der Waals surface area contributed by atoms with Crippen LogP contribution in [0.4, 0.5) is 11.4 Å². The lowest BCUT2D eigenvalue weighted by Crippen LogP contribution is -2.53. The molecule has 3 aromatic rings. The Bertz CT molecular complexity index is 1250. The fourth-order valence-corrected chi connectivity index (χ4v) is 4.81. The number of hydrogen-bond donors (Lipinski definition) is 0. The van der Waals surface area contributed by atoms with Crippen molar-refractivity contribution in [2.45, 2.75) is 26.3 Å². The SMILES string of the molecule is CC(=O)c1ccc(N2CCN(C3=NC(Cc4ccccc4)C(=O)N3c3ccccc3C)CC2)cc1. The molecular formula is C29H30N4O2. The summed E-state index contributed by atoms with van der Waals surface area (Å²) in [7, 11) is 0. The fraction of sp³-hybridized carbons (Fsp3) is 0.276. The van der Waals surface area contributed by atoms with Crippen LogP contribution in [0.15, 0.2) is 83.9 Å². The van der Waals surface area contributed by atoms with Gasteiger partial charge in [-0.2, -0.15) is 0 Å². The summed E-state index contributed by atoms with van der Waals surface area (Å²) in [6, 6.07) is 25.5. The average molecular weight is 467 g/mol. The highest BCUT2D eigenvalue weighted by atomic mass is 16.2. The van der Waals surface area contributed by atoms with Crippen LogP contribution in [-0.2, 0) is 11.2 Å². The molecule has 1 fully saturated rings. The summed E-state index contributed by atoms with van der Waals surface area (Å²) in [4.78, 5) is 36.6. The van der Waals surface area contributed by atoms with Crippen molar-refractivity contribution < 1.29 is 9.59 Å². The highest BCUT2D eigenvalue weighted by Crippen LogP contribution is 2.28. The number of nitrogens with zero attached hydrogens (tertiary/aromatic N) is 4. The first-order chi connectivity index (χ1) is 17.0. The van der Waals surface area contributed by atoms with E-state index in [1.165, 1.54) is 0 Å². The molecule has 35 heavy (non-hydrogen) atoms. The van der Waals surface area contributed by atoms with E-state index < -0.39 is 6.04 Å². The molecule has 1 saturated heterocycles. The zero-order valence-electron chi connectivity index (χ0n) is 20.2. The minimum atomic E-state index is -0.427. The number of hydrogen-bond acceptors (Lipinski definition) is 5. The van der Waals surface area contributed by atoms with Crippen LogP contribution in [0.5, 0.6) is 0 Å². The third-order valence-electron chi connectivity index (χ3n) is 6.81. The van der Waals surface area contributed by atoms with Crippen LogP contribution in [0.25, 0.3) is 0 Å². The molecular weight excluding hydrogens is 436 g/mol. The van der Waals surface area contributed by atoms with Crippen molar-refractivity contribution in [2.24, 2.45) is 4.99 Å². The zero-order chi connectivity index (χ0) is 24.4. The Balaban J connectivity index is 1.37. The van der Waals surface area contributed by atoms with Gasteiger partial charge in [0.25, 0.3) is 5.91 Å². The first-order valence-corrected chi connectivity index (χ1v) is 12.1. The van der Waals surface area contributed by atoms with Crippen molar-refractivity contribution in [1.82, 2.24) is 4.90 Å². The van der Waals surface area contributed by atoms with Gasteiger partial charge in [0.1, 0.15) is 6.04 Å². The van der Waals surface area contributed by atoms with Crippen molar-refractivity contribution in [2.75, 3.05) is 36.0 Å². The van der Waals surface area contributed by atoms with Gasteiger partial charge in [0.2, 0.25) is 5.96 Å². The molecule has 0 aromatic heterocycles. The summed E-state index contributed by atoms with van der Waals surface area (Å²) in [5, 5.41) is 0. The fourth-order valence-electron chi connectivity index (χ4n) is 4.81. The van der Waals surface area contributed by atoms with Crippen LogP contribution in [0.2, 0.25) is 0 Å². The number of anilines is 2. The number of benzene rings is 3. The van der Waals surface area contributed by atoms with Crippen LogP contribution < -0.4 is 9.80 Å². The molecule has 1 unspecified atom stereocenters. The zero-order valence-corrected chi connectivity index (χ0v) is 20.2. The van der Waals surface area contributed by atoms with E-state index in [4.69, 9.17) is 4.99 Å². The van der Waals surface area contributed by atoms with E-state index in [0.29, 0.717) is 6.42 Å². The molecule has 3 aromatic carbocycles. The minimum absolute atomic E-state index is 0.0282. The summed E-state index contributed by atoms with van der Waals surface area (Å²) < 4.78 is 0. The van der Waals surface area contributed by atoms with E-state index in [1.54, 1.807) is 6.92 Å². The number of ketones is 1. The van der Waals surface area contributed by atoms with Crippen LogP contribution in [-0.4, -0.2) is 54.8 Å². The van der Waals surface area contributed by atoms with Gasteiger partial charge in [-0.25, -0.2) is 9.89 Å². The smallest absolute Gasteiger partial charge is 0.259 e. The van der Waals surface area contributed by atoms with Crippen LogP contribution in [0.1, 0.15) is 28.4 Å². The predicted molar refractivity (Wildman–Crippen MR) is 140 cm³/mol. The lowest BCUT2D eigenvalue weighted by Gasteiger charge is -2.39. The van der Waals surface area contributed by atoms with Gasteiger partial charge in [0.05, 0.1) is 5.69 Å². The number of guanidine groups is 1. The Labute approximate surface area is 206 Å². The molecule has 178 valence electrons. The summed E-state index contributed by atoms with van der Waals surface area (Å²) in [6.07, 6.45) is 0.591. The predicted octanol–water partition coefficient (Wildman–Crippen LogP) is 4.33. The molecule has 2 heterocycles. The van der Waals surface area contributed by atoms with E-state index in [2.05, 4.69) is 21.9 Å². The lowest BCUT2D eigenvalue weighted by molar-refractivity contribution is -0.118. The maximum absolute atomic E-state index is 13.6. The number of rotatable bonds is 5. The van der Waals surface area contributed by atoms with E-state index in [9.17, 15) is 9.59 Å². The molecule has 6 nitrogen and oxygen atoms in total. The van der Waals surface area contributed by atoms with Gasteiger partial charge in [-0.1, -0.05) is 48.5 Å². The van der Waals surface area contributed by atoms with Crippen molar-refractivity contribution in [3.05, 3.63) is 95.6 Å². The standard InChI is InChI=1S/C29H30N4O2/c1-21-8-6-7-11-27(21)33-28(35)26(20-23-9-4-3-5-10-23)30-29(33)32-18-16-31(17-19-32)25-14-12-24(13-15-25)22(2)34/h3-15,26H,16-20H2,1-2H3. The maximum Gasteiger partial charge on any atom is 0.259 e. The van der Waals surface area contributed by atoms with E-state index in [-0.39, 0.29) is 11.7 Å². The number of Topliss-reactive ketones (excluding diaryl/α,β-unsaturated/α-hetero) is 1. The second-order valence-electron chi connectivity index (χ2n) is 9.17. The van der Waals surface area contributed by atoms with Gasteiger partial charge in [0, 0.05) is 43.9 Å². The minimum Gasteiger partial charge on any atom is -0.368 e. The number of amides is 1. The molecule has 0 saturated carbocycles. The van der Waals surface area contributed by atoms with Crippen LogP contribution >= 0.6 is 0 Å². The van der Waals surface area contributed by atoms with E-state index in [0.717, 1.165) is 60.2 Å². The Morgan fingerprint density at radius 3 is 2.14 bits per heavy atom. The number of carbonyl (C=O) groups excluding carboxylic acids is 2. The normalized spacial score (nSPS) is 18.1. The van der Waals surface area contributed by atoms with Gasteiger partial charge < -0.3 is 9.80 Å². The van der Waals surface area contributed by atoms with Gasteiger partial charge in [-0.15, -0.1) is 0 Å². The molecule has 0 radical (unpaired) electrons. The van der Waals surface area contributed by atoms with Crippen molar-refractivity contribution in [1.29, 1.82) is 0 Å². The Morgan fingerprint density at radius 2 is 1.49 bits per heavy atom. The molecule has 0 spiro atoms. The third-order valence-corrected chi connectivity index (χ3v) is 6.81. The highest BCUT2D eigenvalue weighted by molar-refractivity contribution is 6.22. The molecule has 2 aliphatic rings. The highest BCUT2D eigenvalue weighted by Gasteiger charge is 2.39. The van der Waals surface area contributed by atoms with Gasteiger partial charge >= 0.3 is 0 Å². The number of piperazine rings is 1. The summed E-state index contributed by atoms with van der Waals surface area (Å²) >= 11 is 0. The largest absolute Gasteiger partial charge is 0.368 e. The Kier molecular flexibility index (Phi) is 6.36. The van der Waals surface area contributed by atoms with Gasteiger partial charge in [-0.05, 0) is 55.3 Å². The maximum atomic E-state index is 13.6. The van der Waals surface area contributed by atoms with E-state index >= 15 is 0 Å². The second kappa shape index (κ2) is 9.74. The molecule has 6 heteroatoms. The van der Waals surface area contributed by atoms with Crippen molar-refractivity contribution in [3.8, 4) is 0 Å². The second-order valence-corrected chi connectivity index (χ2v) is 9.17. The Morgan fingerprint density at radius 1 is 0.857 bits per heavy atom. The van der Waals surface area contributed by atoms with Crippen LogP contribution in [0, 0.1) is 6.92 Å². The molecule has 1 amide bonds.